The predicted molar refractivity (Wildman–Crippen MR) is 127 cm³/mol. The Hall–Kier alpha value is -2.83. The summed E-state index contributed by atoms with van der Waals surface area (Å²) in [4.78, 5) is 21.4. The Morgan fingerprint density at radius 2 is 1.53 bits per heavy atom. The number of halogens is 2. The second kappa shape index (κ2) is 9.76. The molecule has 0 saturated heterocycles. The molecule has 0 radical (unpaired) electrons. The summed E-state index contributed by atoms with van der Waals surface area (Å²) in [6.45, 7) is 0.329. The lowest BCUT2D eigenvalue weighted by atomic mass is 9.99. The zero-order valence-corrected chi connectivity index (χ0v) is 19.2. The number of hydrogen-bond donors (Lipinski definition) is 2. The summed E-state index contributed by atoms with van der Waals surface area (Å²) >= 11 is 12.1. The van der Waals surface area contributed by atoms with E-state index in [0.717, 1.165) is 42.5 Å². The Balaban J connectivity index is 1.65. The Labute approximate surface area is 197 Å². The Kier molecular flexibility index (Phi) is 6.82. The van der Waals surface area contributed by atoms with Crippen LogP contribution in [0, 0.1) is 0 Å². The van der Waals surface area contributed by atoms with Crippen LogP contribution in [0.4, 0.5) is 4.79 Å². The summed E-state index contributed by atoms with van der Waals surface area (Å²) in [7, 11) is 1.61. The monoisotopic (exact) mass is 470 g/mol. The third-order valence-corrected chi connectivity index (χ3v) is 6.15. The zero-order chi connectivity index (χ0) is 22.6. The van der Waals surface area contributed by atoms with Gasteiger partial charge in [-0.1, -0.05) is 60.3 Å². The van der Waals surface area contributed by atoms with Gasteiger partial charge in [0.2, 0.25) is 5.88 Å². The average Bonchev–Trinajstić information content (AvgIpc) is 3.27. The number of hydrogen-bond acceptors (Lipinski definition) is 4. The summed E-state index contributed by atoms with van der Waals surface area (Å²) in [5, 5.41) is 6.98. The maximum atomic E-state index is 12.0. The maximum absolute atomic E-state index is 12.0. The van der Waals surface area contributed by atoms with Gasteiger partial charge in [0.15, 0.2) is 0 Å². The number of benzene rings is 2. The third kappa shape index (κ3) is 5.14. The number of nitrogens with zero attached hydrogens (tertiary/aromatic N) is 2. The minimum Gasteiger partial charge on any atom is -0.474 e. The van der Waals surface area contributed by atoms with Crippen molar-refractivity contribution in [1.82, 2.24) is 20.6 Å². The molecule has 2 N–H and O–H groups in total. The minimum absolute atomic E-state index is 0.207. The van der Waals surface area contributed by atoms with Crippen LogP contribution in [0.2, 0.25) is 10.0 Å². The molecule has 1 fully saturated rings. The molecule has 4 rings (SSSR count). The SMILES string of the molecule is CNC(=O)NC1(COc2cnc(-c3ccc(Cl)cc3)c(-c3ccc(Cl)cc3)n2)CCCC1. The molecule has 0 bridgehead atoms. The second-order valence-corrected chi connectivity index (χ2v) is 8.77. The van der Waals surface area contributed by atoms with Gasteiger partial charge in [-0.15, -0.1) is 0 Å². The molecule has 1 aliphatic rings. The van der Waals surface area contributed by atoms with Crippen molar-refractivity contribution in [3.8, 4) is 28.4 Å². The highest BCUT2D eigenvalue weighted by Crippen LogP contribution is 2.33. The van der Waals surface area contributed by atoms with Gasteiger partial charge in [-0.25, -0.2) is 14.8 Å². The van der Waals surface area contributed by atoms with Crippen molar-refractivity contribution in [3.05, 3.63) is 64.8 Å². The smallest absolute Gasteiger partial charge is 0.315 e. The standard InChI is InChI=1S/C24H24Cl2N4O2/c1-27-23(31)30-24(12-2-3-13-24)15-32-20-14-28-21(16-4-8-18(25)9-5-16)22(29-20)17-6-10-19(26)11-7-17/h4-11,14H,2-3,12-13,15H2,1H3,(H2,27,30,31). The molecule has 0 atom stereocenters. The highest BCUT2D eigenvalue weighted by Gasteiger charge is 2.36. The fourth-order valence-electron chi connectivity index (χ4n) is 3.94. The van der Waals surface area contributed by atoms with Crippen molar-refractivity contribution >= 4 is 29.2 Å². The summed E-state index contributed by atoms with van der Waals surface area (Å²) < 4.78 is 6.07. The van der Waals surface area contributed by atoms with Crippen LogP contribution in [0.1, 0.15) is 25.7 Å². The van der Waals surface area contributed by atoms with E-state index in [1.807, 2.05) is 48.5 Å². The normalized spacial score (nSPS) is 14.7. The topological polar surface area (TPSA) is 76.1 Å². The number of amides is 2. The second-order valence-electron chi connectivity index (χ2n) is 7.90. The van der Waals surface area contributed by atoms with Crippen LogP contribution < -0.4 is 15.4 Å². The molecule has 32 heavy (non-hydrogen) atoms. The van der Waals surface area contributed by atoms with Gasteiger partial charge in [0.25, 0.3) is 0 Å². The van der Waals surface area contributed by atoms with E-state index in [-0.39, 0.29) is 6.03 Å². The predicted octanol–water partition coefficient (Wildman–Crippen LogP) is 5.74. The molecule has 1 heterocycles. The number of carbonyl (C=O) groups excluding carboxylic acids is 1. The Bertz CT molecular complexity index is 1080. The lowest BCUT2D eigenvalue weighted by Crippen LogP contribution is -2.53. The quantitative estimate of drug-likeness (QED) is 0.481. The van der Waals surface area contributed by atoms with Gasteiger partial charge in [0, 0.05) is 28.2 Å². The first-order valence-electron chi connectivity index (χ1n) is 10.5. The van der Waals surface area contributed by atoms with E-state index < -0.39 is 5.54 Å². The third-order valence-electron chi connectivity index (χ3n) is 5.65. The fraction of sp³-hybridized carbons (Fsp3) is 0.292. The van der Waals surface area contributed by atoms with Crippen molar-refractivity contribution in [2.75, 3.05) is 13.7 Å². The number of rotatable bonds is 6. The number of aromatic nitrogens is 2. The molecule has 166 valence electrons. The van der Waals surface area contributed by atoms with Gasteiger partial charge < -0.3 is 15.4 Å². The van der Waals surface area contributed by atoms with E-state index >= 15 is 0 Å². The van der Waals surface area contributed by atoms with Crippen LogP contribution >= 0.6 is 23.2 Å². The Morgan fingerprint density at radius 1 is 0.969 bits per heavy atom. The molecule has 1 aliphatic carbocycles. The molecule has 3 aromatic rings. The maximum Gasteiger partial charge on any atom is 0.315 e. The molecule has 1 aromatic heterocycles. The molecule has 8 heteroatoms. The highest BCUT2D eigenvalue weighted by molar-refractivity contribution is 6.31. The van der Waals surface area contributed by atoms with Crippen molar-refractivity contribution < 1.29 is 9.53 Å². The van der Waals surface area contributed by atoms with Gasteiger partial charge in [0.1, 0.15) is 12.3 Å². The number of urea groups is 1. The summed E-state index contributed by atoms with van der Waals surface area (Å²) in [6, 6.07) is 14.7. The molecule has 0 unspecified atom stereocenters. The van der Waals surface area contributed by atoms with E-state index in [4.69, 9.17) is 32.9 Å². The summed E-state index contributed by atoms with van der Waals surface area (Å²) in [6.07, 6.45) is 5.43. The van der Waals surface area contributed by atoms with Crippen molar-refractivity contribution in [2.24, 2.45) is 0 Å². The van der Waals surface area contributed by atoms with Gasteiger partial charge in [0.05, 0.1) is 17.4 Å². The molecule has 1 saturated carbocycles. The molecule has 6 nitrogen and oxygen atoms in total. The van der Waals surface area contributed by atoms with Crippen LogP contribution in [0.15, 0.2) is 54.7 Å². The summed E-state index contributed by atoms with van der Waals surface area (Å²) in [5.74, 6) is 0.401. The molecule has 2 aromatic carbocycles. The highest BCUT2D eigenvalue weighted by atomic mass is 35.5. The fourth-order valence-corrected chi connectivity index (χ4v) is 4.20. The number of nitrogens with one attached hydrogen (secondary N) is 2. The lowest BCUT2D eigenvalue weighted by molar-refractivity contribution is 0.174. The molecular weight excluding hydrogens is 447 g/mol. The Morgan fingerprint density at radius 3 is 2.09 bits per heavy atom. The van der Waals surface area contributed by atoms with Gasteiger partial charge in [-0.2, -0.15) is 0 Å². The van der Waals surface area contributed by atoms with Crippen molar-refractivity contribution in [3.63, 3.8) is 0 Å². The van der Waals surface area contributed by atoms with Gasteiger partial charge >= 0.3 is 6.03 Å². The zero-order valence-electron chi connectivity index (χ0n) is 17.7. The first-order valence-corrected chi connectivity index (χ1v) is 11.3. The molecule has 0 spiro atoms. The van der Waals surface area contributed by atoms with Crippen LogP contribution in [-0.2, 0) is 0 Å². The molecule has 0 aliphatic heterocycles. The van der Waals surface area contributed by atoms with Crippen molar-refractivity contribution in [1.29, 1.82) is 0 Å². The van der Waals surface area contributed by atoms with E-state index in [2.05, 4.69) is 15.6 Å². The number of ether oxygens (including phenoxy) is 1. The average molecular weight is 471 g/mol. The van der Waals surface area contributed by atoms with E-state index in [1.165, 1.54) is 0 Å². The largest absolute Gasteiger partial charge is 0.474 e. The first kappa shape index (κ1) is 22.4. The van der Waals surface area contributed by atoms with E-state index in [1.54, 1.807) is 13.2 Å². The van der Waals surface area contributed by atoms with Crippen LogP contribution in [0.5, 0.6) is 5.88 Å². The minimum atomic E-state index is -0.406. The van der Waals surface area contributed by atoms with Gasteiger partial charge in [-0.3, -0.25) is 0 Å². The van der Waals surface area contributed by atoms with Crippen LogP contribution in [0.3, 0.4) is 0 Å². The number of carbonyl (C=O) groups is 1. The molecule has 2 amide bonds. The summed E-state index contributed by atoms with van der Waals surface area (Å²) in [5.41, 5.74) is 2.76. The lowest BCUT2D eigenvalue weighted by Gasteiger charge is -2.29. The van der Waals surface area contributed by atoms with Gasteiger partial charge in [-0.05, 0) is 37.1 Å². The molecular formula is C24H24Cl2N4O2. The van der Waals surface area contributed by atoms with E-state index in [0.29, 0.717) is 28.2 Å². The first-order chi connectivity index (χ1) is 15.5. The van der Waals surface area contributed by atoms with Crippen LogP contribution in [-0.4, -0.2) is 35.2 Å². The van der Waals surface area contributed by atoms with Crippen molar-refractivity contribution in [2.45, 2.75) is 31.2 Å². The van der Waals surface area contributed by atoms with Crippen LogP contribution in [0.25, 0.3) is 22.5 Å². The van der Waals surface area contributed by atoms with E-state index in [9.17, 15) is 4.79 Å².